The highest BCUT2D eigenvalue weighted by Gasteiger charge is 2.20. The summed E-state index contributed by atoms with van der Waals surface area (Å²) in [6.07, 6.45) is 0. The van der Waals surface area contributed by atoms with E-state index in [1.807, 2.05) is 12.1 Å². The number of fused-ring (bicyclic) bond motifs is 1. The average Bonchev–Trinajstić information content (AvgIpc) is 3.20. The molecule has 5 nitrogen and oxygen atoms in total. The first kappa shape index (κ1) is 24.7. The molecule has 0 amide bonds. The molecule has 0 fully saturated rings. The molecule has 0 aliphatic heterocycles. The SMILES string of the molecule is O=C(O)c1ccc(COc2cc(Cl)ccc2-c2nc3cc(F)c(F)cc3n2Cc2cccc(Cl)c2)cc1. The van der Waals surface area contributed by atoms with Crippen LogP contribution in [0.15, 0.2) is 78.9 Å². The molecule has 0 radical (unpaired) electrons. The Hall–Kier alpha value is -3.94. The van der Waals surface area contributed by atoms with Crippen molar-refractivity contribution in [3.8, 4) is 17.1 Å². The van der Waals surface area contributed by atoms with Gasteiger partial charge in [0.05, 0.1) is 22.2 Å². The highest BCUT2D eigenvalue weighted by molar-refractivity contribution is 6.31. The molecule has 0 aliphatic rings. The fourth-order valence-electron chi connectivity index (χ4n) is 4.01. The van der Waals surface area contributed by atoms with Crippen molar-refractivity contribution in [1.82, 2.24) is 9.55 Å². The maximum atomic E-state index is 14.2. The van der Waals surface area contributed by atoms with Gasteiger partial charge in [0, 0.05) is 28.7 Å². The standard InChI is InChI=1S/C28H18Cl2F2N2O3/c29-19-3-1-2-17(10-19)14-34-25-13-23(32)22(31)12-24(25)33-27(34)21-9-8-20(30)11-26(21)37-15-16-4-6-18(7-5-16)28(35)36/h1-13H,14-15H2,(H,35,36). The van der Waals surface area contributed by atoms with E-state index in [0.29, 0.717) is 32.7 Å². The van der Waals surface area contributed by atoms with Crippen LogP contribution < -0.4 is 4.74 Å². The molecule has 0 bridgehead atoms. The number of aromatic carboxylic acids is 1. The molecule has 0 saturated carbocycles. The van der Waals surface area contributed by atoms with Gasteiger partial charge in [0.1, 0.15) is 18.2 Å². The Morgan fingerprint density at radius 3 is 2.35 bits per heavy atom. The molecule has 1 aromatic heterocycles. The largest absolute Gasteiger partial charge is 0.488 e. The summed E-state index contributed by atoms with van der Waals surface area (Å²) in [4.78, 5) is 15.7. The van der Waals surface area contributed by atoms with Crippen molar-refractivity contribution >= 4 is 40.2 Å². The second-order valence-corrected chi connectivity index (χ2v) is 9.21. The van der Waals surface area contributed by atoms with Crippen LogP contribution in [0.4, 0.5) is 8.78 Å². The van der Waals surface area contributed by atoms with Crippen molar-refractivity contribution < 1.29 is 23.4 Å². The predicted molar refractivity (Wildman–Crippen MR) is 138 cm³/mol. The number of benzene rings is 4. The third-order valence-corrected chi connectivity index (χ3v) is 6.27. The number of carbonyl (C=O) groups is 1. The van der Waals surface area contributed by atoms with Crippen LogP contribution in [0.25, 0.3) is 22.4 Å². The number of aromatic nitrogens is 2. The minimum Gasteiger partial charge on any atom is -0.488 e. The lowest BCUT2D eigenvalue weighted by molar-refractivity contribution is 0.0697. The van der Waals surface area contributed by atoms with Crippen molar-refractivity contribution in [2.45, 2.75) is 13.2 Å². The maximum absolute atomic E-state index is 14.2. The van der Waals surface area contributed by atoms with Crippen LogP contribution in [0.5, 0.6) is 5.75 Å². The van der Waals surface area contributed by atoms with Crippen LogP contribution in [0.2, 0.25) is 10.0 Å². The molecule has 1 N–H and O–H groups in total. The van der Waals surface area contributed by atoms with Crippen molar-refractivity contribution in [2.75, 3.05) is 0 Å². The molecule has 9 heteroatoms. The van der Waals surface area contributed by atoms with Gasteiger partial charge in [-0.15, -0.1) is 0 Å². The number of nitrogens with zero attached hydrogens (tertiary/aromatic N) is 2. The van der Waals surface area contributed by atoms with Crippen LogP contribution in [0.3, 0.4) is 0 Å². The van der Waals surface area contributed by atoms with E-state index in [-0.39, 0.29) is 24.2 Å². The van der Waals surface area contributed by atoms with Gasteiger partial charge in [0.2, 0.25) is 0 Å². The van der Waals surface area contributed by atoms with E-state index >= 15 is 0 Å². The van der Waals surface area contributed by atoms with Crippen LogP contribution in [0.1, 0.15) is 21.5 Å². The normalized spacial score (nSPS) is 11.1. The van der Waals surface area contributed by atoms with E-state index in [4.69, 9.17) is 33.0 Å². The molecule has 4 aromatic carbocycles. The summed E-state index contributed by atoms with van der Waals surface area (Å²) in [5.41, 5.74) is 2.99. The zero-order valence-electron chi connectivity index (χ0n) is 19.1. The van der Waals surface area contributed by atoms with Crippen molar-refractivity contribution in [3.63, 3.8) is 0 Å². The lowest BCUT2D eigenvalue weighted by Gasteiger charge is -2.15. The molecule has 0 unspecified atom stereocenters. The maximum Gasteiger partial charge on any atom is 0.335 e. The van der Waals surface area contributed by atoms with Crippen molar-refractivity contribution in [2.24, 2.45) is 0 Å². The van der Waals surface area contributed by atoms with E-state index in [9.17, 15) is 13.6 Å². The first-order chi connectivity index (χ1) is 17.8. The zero-order valence-corrected chi connectivity index (χ0v) is 20.6. The Labute approximate surface area is 220 Å². The summed E-state index contributed by atoms with van der Waals surface area (Å²) in [5, 5.41) is 10.1. The molecular formula is C28H18Cl2F2N2O3. The summed E-state index contributed by atoms with van der Waals surface area (Å²) in [5.74, 6) is -2.17. The second kappa shape index (κ2) is 10.2. The Kier molecular flexibility index (Phi) is 6.82. The monoisotopic (exact) mass is 538 g/mol. The minimum absolute atomic E-state index is 0.130. The molecule has 0 spiro atoms. The van der Waals surface area contributed by atoms with Crippen LogP contribution in [-0.2, 0) is 13.2 Å². The smallest absolute Gasteiger partial charge is 0.335 e. The van der Waals surface area contributed by atoms with E-state index in [2.05, 4.69) is 4.98 Å². The molecule has 0 saturated heterocycles. The van der Waals surface area contributed by atoms with E-state index in [1.54, 1.807) is 47.0 Å². The highest BCUT2D eigenvalue weighted by atomic mass is 35.5. The number of imidazole rings is 1. The third-order valence-electron chi connectivity index (χ3n) is 5.80. The van der Waals surface area contributed by atoms with Gasteiger partial charge in [-0.3, -0.25) is 0 Å². The molecule has 37 heavy (non-hydrogen) atoms. The summed E-state index contributed by atoms with van der Waals surface area (Å²) < 4.78 is 36.2. The van der Waals surface area contributed by atoms with Crippen molar-refractivity contribution in [1.29, 1.82) is 0 Å². The Balaban J connectivity index is 1.58. The summed E-state index contributed by atoms with van der Waals surface area (Å²) in [6, 6.07) is 20.7. The zero-order chi connectivity index (χ0) is 26.1. The van der Waals surface area contributed by atoms with Gasteiger partial charge < -0.3 is 14.4 Å². The quantitative estimate of drug-likeness (QED) is 0.231. The van der Waals surface area contributed by atoms with Gasteiger partial charge in [-0.25, -0.2) is 18.6 Å². The van der Waals surface area contributed by atoms with E-state index in [1.165, 1.54) is 12.1 Å². The number of hydrogen-bond donors (Lipinski definition) is 1. The Bertz CT molecular complexity index is 1640. The topological polar surface area (TPSA) is 64.3 Å². The van der Waals surface area contributed by atoms with Gasteiger partial charge in [0.15, 0.2) is 11.6 Å². The number of carboxylic acids is 1. The molecule has 5 rings (SSSR count). The number of hydrogen-bond acceptors (Lipinski definition) is 3. The lowest BCUT2D eigenvalue weighted by Crippen LogP contribution is -2.05. The van der Waals surface area contributed by atoms with Crippen LogP contribution in [0, 0.1) is 11.6 Å². The average molecular weight is 539 g/mol. The van der Waals surface area contributed by atoms with Gasteiger partial charge in [-0.05, 0) is 53.6 Å². The Morgan fingerprint density at radius 2 is 1.62 bits per heavy atom. The van der Waals surface area contributed by atoms with Gasteiger partial charge in [-0.1, -0.05) is 47.5 Å². The molecule has 0 atom stereocenters. The second-order valence-electron chi connectivity index (χ2n) is 8.34. The summed E-state index contributed by atoms with van der Waals surface area (Å²) in [7, 11) is 0. The molecular weight excluding hydrogens is 521 g/mol. The first-order valence-corrected chi connectivity index (χ1v) is 11.9. The van der Waals surface area contributed by atoms with E-state index < -0.39 is 17.6 Å². The van der Waals surface area contributed by atoms with Crippen LogP contribution >= 0.6 is 23.2 Å². The summed E-state index contributed by atoms with van der Waals surface area (Å²) in [6.45, 7) is 0.418. The molecule has 0 aliphatic carbocycles. The van der Waals surface area contributed by atoms with Crippen molar-refractivity contribution in [3.05, 3.63) is 117 Å². The van der Waals surface area contributed by atoms with Gasteiger partial charge in [0.25, 0.3) is 0 Å². The molecule has 186 valence electrons. The molecule has 1 heterocycles. The van der Waals surface area contributed by atoms with Gasteiger partial charge >= 0.3 is 5.97 Å². The number of ether oxygens (including phenoxy) is 1. The highest BCUT2D eigenvalue weighted by Crippen LogP contribution is 2.36. The number of halogens is 4. The lowest BCUT2D eigenvalue weighted by atomic mass is 10.1. The first-order valence-electron chi connectivity index (χ1n) is 11.1. The summed E-state index contributed by atoms with van der Waals surface area (Å²) >= 11 is 12.4. The predicted octanol–water partition coefficient (Wildman–Crippen LogP) is 7.61. The minimum atomic E-state index is -1.02. The fourth-order valence-corrected chi connectivity index (χ4v) is 4.38. The third kappa shape index (κ3) is 5.28. The number of rotatable bonds is 7. The number of carboxylic acid groups (broad SMARTS) is 1. The fraction of sp³-hybridized carbons (Fsp3) is 0.0714. The van der Waals surface area contributed by atoms with Crippen LogP contribution in [-0.4, -0.2) is 20.6 Å². The Morgan fingerprint density at radius 1 is 0.892 bits per heavy atom. The van der Waals surface area contributed by atoms with Gasteiger partial charge in [-0.2, -0.15) is 0 Å². The van der Waals surface area contributed by atoms with E-state index in [0.717, 1.165) is 23.3 Å². The molecule has 5 aromatic rings.